The SMILES string of the molecule is O=C(CSC(=S)N1CCCC1)c1cc2cc(Br)ccc2oc1=O. The quantitative estimate of drug-likeness (QED) is 0.434. The molecule has 0 saturated carbocycles. The highest BCUT2D eigenvalue weighted by atomic mass is 79.9. The summed E-state index contributed by atoms with van der Waals surface area (Å²) in [6.07, 6.45) is 2.27. The highest BCUT2D eigenvalue weighted by molar-refractivity contribution is 9.10. The molecule has 1 saturated heterocycles. The van der Waals surface area contributed by atoms with Crippen molar-refractivity contribution >= 4 is 61.0 Å². The summed E-state index contributed by atoms with van der Waals surface area (Å²) >= 11 is 10.0. The number of hydrogen-bond donors (Lipinski definition) is 0. The van der Waals surface area contributed by atoms with Crippen LogP contribution in [-0.2, 0) is 0 Å². The zero-order chi connectivity index (χ0) is 16.4. The molecule has 7 heteroatoms. The predicted octanol–water partition coefficient (Wildman–Crippen LogP) is 3.85. The Labute approximate surface area is 151 Å². The molecule has 1 aliphatic rings. The van der Waals surface area contributed by atoms with E-state index in [4.69, 9.17) is 16.6 Å². The van der Waals surface area contributed by atoms with Crippen LogP contribution in [0.5, 0.6) is 0 Å². The van der Waals surface area contributed by atoms with Gasteiger partial charge in [0.05, 0.1) is 5.75 Å². The topological polar surface area (TPSA) is 50.5 Å². The molecule has 1 aromatic heterocycles. The van der Waals surface area contributed by atoms with Crippen LogP contribution in [0.3, 0.4) is 0 Å². The molecule has 1 aliphatic heterocycles. The third-order valence-electron chi connectivity index (χ3n) is 3.69. The van der Waals surface area contributed by atoms with Gasteiger partial charge in [-0.05, 0) is 37.1 Å². The number of rotatable bonds is 3. The summed E-state index contributed by atoms with van der Waals surface area (Å²) in [7, 11) is 0. The van der Waals surface area contributed by atoms with Gasteiger partial charge in [0, 0.05) is 22.9 Å². The Hall–Kier alpha value is -1.18. The van der Waals surface area contributed by atoms with Gasteiger partial charge in [0.1, 0.15) is 15.5 Å². The van der Waals surface area contributed by atoms with Crippen molar-refractivity contribution in [1.82, 2.24) is 4.90 Å². The molecule has 1 fully saturated rings. The van der Waals surface area contributed by atoms with E-state index in [0.29, 0.717) is 5.58 Å². The maximum absolute atomic E-state index is 12.3. The molecule has 0 N–H and O–H groups in total. The van der Waals surface area contributed by atoms with Crippen LogP contribution in [0.4, 0.5) is 0 Å². The first kappa shape index (κ1) is 16.7. The Balaban J connectivity index is 1.76. The fourth-order valence-electron chi connectivity index (χ4n) is 2.48. The summed E-state index contributed by atoms with van der Waals surface area (Å²) in [6, 6.07) is 6.90. The monoisotopic (exact) mass is 411 g/mol. The third-order valence-corrected chi connectivity index (χ3v) is 5.70. The zero-order valence-electron chi connectivity index (χ0n) is 12.2. The van der Waals surface area contributed by atoms with Gasteiger partial charge in [0.15, 0.2) is 5.78 Å². The first-order valence-electron chi connectivity index (χ1n) is 7.23. The summed E-state index contributed by atoms with van der Waals surface area (Å²) in [5.41, 5.74) is -0.0557. The van der Waals surface area contributed by atoms with Crippen LogP contribution in [0.25, 0.3) is 11.0 Å². The van der Waals surface area contributed by atoms with Gasteiger partial charge in [-0.25, -0.2) is 4.79 Å². The lowest BCUT2D eigenvalue weighted by atomic mass is 10.1. The lowest BCUT2D eigenvalue weighted by Crippen LogP contribution is -2.25. The number of halogens is 1. The van der Waals surface area contributed by atoms with E-state index in [1.54, 1.807) is 18.2 Å². The number of fused-ring (bicyclic) bond motifs is 1. The number of Topliss-reactive ketones (excluding diaryl/α,β-unsaturated/α-hetero) is 1. The molecule has 0 radical (unpaired) electrons. The lowest BCUT2D eigenvalue weighted by Gasteiger charge is -2.17. The molecule has 1 aromatic carbocycles. The standard InChI is InChI=1S/C16H14BrNO3S2/c17-11-3-4-14-10(7-11)8-12(15(20)21-14)13(19)9-23-16(22)18-5-1-2-6-18/h3-4,7-8H,1-2,5-6,9H2. The average Bonchev–Trinajstić information content (AvgIpc) is 3.06. The van der Waals surface area contributed by atoms with Gasteiger partial charge >= 0.3 is 5.63 Å². The second kappa shape index (κ2) is 7.15. The molecule has 0 unspecified atom stereocenters. The van der Waals surface area contributed by atoms with Crippen LogP contribution in [0.1, 0.15) is 23.2 Å². The first-order chi connectivity index (χ1) is 11.0. The van der Waals surface area contributed by atoms with E-state index in [2.05, 4.69) is 20.8 Å². The molecule has 0 amide bonds. The van der Waals surface area contributed by atoms with E-state index in [1.165, 1.54) is 11.8 Å². The van der Waals surface area contributed by atoms with E-state index < -0.39 is 5.63 Å². The second-order valence-electron chi connectivity index (χ2n) is 5.30. The number of nitrogens with zero attached hydrogens (tertiary/aromatic N) is 1. The van der Waals surface area contributed by atoms with Crippen molar-refractivity contribution in [2.45, 2.75) is 12.8 Å². The van der Waals surface area contributed by atoms with Gasteiger partial charge in [-0.3, -0.25) is 4.79 Å². The second-order valence-corrected chi connectivity index (χ2v) is 7.83. The molecule has 0 spiro atoms. The van der Waals surface area contributed by atoms with Crippen LogP contribution in [0.2, 0.25) is 0 Å². The van der Waals surface area contributed by atoms with Crippen LogP contribution >= 0.6 is 39.9 Å². The summed E-state index contributed by atoms with van der Waals surface area (Å²) in [5, 5.41) is 0.717. The maximum Gasteiger partial charge on any atom is 0.347 e. The number of thioether (sulfide) groups is 1. The van der Waals surface area contributed by atoms with Crippen LogP contribution in [0.15, 0.2) is 37.9 Å². The minimum absolute atomic E-state index is 0.0762. The Bertz CT molecular complexity index is 828. The molecule has 0 atom stereocenters. The van der Waals surface area contributed by atoms with E-state index in [1.807, 2.05) is 6.07 Å². The van der Waals surface area contributed by atoms with Crippen molar-refractivity contribution in [2.75, 3.05) is 18.8 Å². The molecule has 0 bridgehead atoms. The van der Waals surface area contributed by atoms with Gasteiger partial charge in [0.2, 0.25) is 0 Å². The number of likely N-dealkylation sites (tertiary alicyclic amines) is 1. The Morgan fingerprint density at radius 2 is 2.04 bits per heavy atom. The molecule has 4 nitrogen and oxygen atoms in total. The number of hydrogen-bond acceptors (Lipinski definition) is 5. The molecule has 120 valence electrons. The van der Waals surface area contributed by atoms with Crippen molar-refractivity contribution in [1.29, 1.82) is 0 Å². The minimum Gasteiger partial charge on any atom is -0.422 e. The number of thiocarbonyl (C=S) groups is 1. The van der Waals surface area contributed by atoms with Gasteiger partial charge in [-0.15, -0.1) is 0 Å². The Morgan fingerprint density at radius 1 is 1.30 bits per heavy atom. The molecule has 2 aromatic rings. The van der Waals surface area contributed by atoms with Gasteiger partial charge in [-0.2, -0.15) is 0 Å². The molecule has 2 heterocycles. The van der Waals surface area contributed by atoms with Crippen molar-refractivity contribution in [3.63, 3.8) is 0 Å². The molecular formula is C16H14BrNO3S2. The van der Waals surface area contributed by atoms with Gasteiger partial charge in [-0.1, -0.05) is 39.9 Å². The molecular weight excluding hydrogens is 398 g/mol. The highest BCUT2D eigenvalue weighted by Crippen LogP contribution is 2.21. The van der Waals surface area contributed by atoms with Crippen LogP contribution in [-0.4, -0.2) is 33.8 Å². The van der Waals surface area contributed by atoms with Crippen molar-refractivity contribution < 1.29 is 9.21 Å². The number of carbonyl (C=O) groups excluding carboxylic acids is 1. The van der Waals surface area contributed by atoms with Crippen molar-refractivity contribution in [3.05, 3.63) is 44.7 Å². The summed E-state index contributed by atoms with van der Waals surface area (Å²) < 4.78 is 6.81. The van der Waals surface area contributed by atoms with E-state index >= 15 is 0 Å². The van der Waals surface area contributed by atoms with E-state index in [0.717, 1.165) is 40.1 Å². The van der Waals surface area contributed by atoms with Crippen LogP contribution < -0.4 is 5.63 Å². The van der Waals surface area contributed by atoms with Gasteiger partial charge < -0.3 is 9.32 Å². The summed E-state index contributed by atoms with van der Waals surface area (Å²) in [4.78, 5) is 26.5. The van der Waals surface area contributed by atoms with Crippen molar-refractivity contribution in [3.8, 4) is 0 Å². The summed E-state index contributed by atoms with van der Waals surface area (Å²) in [5.74, 6) is -0.105. The van der Waals surface area contributed by atoms with Gasteiger partial charge in [0.25, 0.3) is 0 Å². The number of ketones is 1. The Kier molecular flexibility index (Phi) is 5.18. The lowest BCUT2D eigenvalue weighted by molar-refractivity contribution is 0.101. The number of benzene rings is 1. The molecule has 23 heavy (non-hydrogen) atoms. The fourth-order valence-corrected chi connectivity index (χ4v) is 4.00. The Morgan fingerprint density at radius 3 is 2.78 bits per heavy atom. The average molecular weight is 412 g/mol. The molecule has 3 rings (SSSR count). The van der Waals surface area contributed by atoms with Crippen molar-refractivity contribution in [2.24, 2.45) is 0 Å². The van der Waals surface area contributed by atoms with E-state index in [-0.39, 0.29) is 17.1 Å². The largest absolute Gasteiger partial charge is 0.422 e. The normalized spacial score (nSPS) is 14.4. The first-order valence-corrected chi connectivity index (χ1v) is 9.41. The predicted molar refractivity (Wildman–Crippen MR) is 100 cm³/mol. The minimum atomic E-state index is -0.600. The smallest absolute Gasteiger partial charge is 0.347 e. The van der Waals surface area contributed by atoms with Crippen LogP contribution in [0, 0.1) is 0 Å². The number of carbonyl (C=O) groups is 1. The maximum atomic E-state index is 12.3. The molecule has 0 aliphatic carbocycles. The summed E-state index contributed by atoms with van der Waals surface area (Å²) in [6.45, 7) is 1.90. The van der Waals surface area contributed by atoms with E-state index in [9.17, 15) is 9.59 Å². The highest BCUT2D eigenvalue weighted by Gasteiger charge is 2.19. The third kappa shape index (κ3) is 3.84. The zero-order valence-corrected chi connectivity index (χ0v) is 15.4. The fraction of sp³-hybridized carbons (Fsp3) is 0.312.